The summed E-state index contributed by atoms with van der Waals surface area (Å²) in [5.74, 6) is -0.517. The van der Waals surface area contributed by atoms with Gasteiger partial charge in [0.05, 0.1) is 23.3 Å². The zero-order valence-electron chi connectivity index (χ0n) is 12.1. The molecule has 0 spiro atoms. The van der Waals surface area contributed by atoms with Gasteiger partial charge in [0, 0.05) is 12.7 Å². The average Bonchev–Trinajstić information content (AvgIpc) is 2.63. The molecule has 1 saturated carbocycles. The largest absolute Gasteiger partial charge is 0.391 e. The second-order valence-electron chi connectivity index (χ2n) is 5.89. The minimum Gasteiger partial charge on any atom is -0.391 e. The number of fused-ring (bicyclic) bond motifs is 1. The number of hydrogen-bond donors (Lipinski definition) is 2. The zero-order chi connectivity index (χ0) is 15.0. The Hall–Kier alpha value is -1.88. The van der Waals surface area contributed by atoms with Crippen molar-refractivity contribution in [3.05, 3.63) is 29.3 Å². The van der Waals surface area contributed by atoms with E-state index in [9.17, 15) is 14.7 Å². The third-order valence-corrected chi connectivity index (χ3v) is 4.42. The molecule has 3 rings (SSSR count). The number of imide groups is 1. The molecule has 2 N–H and O–H groups in total. The number of hydrogen-bond acceptors (Lipinski definition) is 4. The molecule has 0 aromatic heterocycles. The third kappa shape index (κ3) is 2.53. The van der Waals surface area contributed by atoms with E-state index < -0.39 is 0 Å². The van der Waals surface area contributed by atoms with Gasteiger partial charge in [-0.2, -0.15) is 0 Å². The molecule has 112 valence electrons. The first-order chi connectivity index (χ1) is 10.1. The third-order valence-electron chi connectivity index (χ3n) is 4.42. The summed E-state index contributed by atoms with van der Waals surface area (Å²) in [6.45, 7) is 0. The quantitative estimate of drug-likeness (QED) is 0.645. The molecular formula is C16H20N2O3. The maximum Gasteiger partial charge on any atom is 0.261 e. The molecule has 2 amide bonds. The summed E-state index contributed by atoms with van der Waals surface area (Å²) in [6, 6.07) is 5.22. The summed E-state index contributed by atoms with van der Waals surface area (Å²) >= 11 is 0. The summed E-state index contributed by atoms with van der Waals surface area (Å²) in [5, 5.41) is 13.5. The monoisotopic (exact) mass is 288 g/mol. The van der Waals surface area contributed by atoms with Gasteiger partial charge in [-0.1, -0.05) is 19.3 Å². The minimum absolute atomic E-state index is 0.00971. The molecule has 5 heteroatoms. The molecule has 0 saturated heterocycles. The van der Waals surface area contributed by atoms with Crippen molar-refractivity contribution in [1.29, 1.82) is 0 Å². The van der Waals surface area contributed by atoms with Crippen LogP contribution in [0.4, 0.5) is 5.69 Å². The van der Waals surface area contributed by atoms with Gasteiger partial charge in [-0.3, -0.25) is 14.5 Å². The fourth-order valence-electron chi connectivity index (χ4n) is 3.12. The molecule has 0 bridgehead atoms. The van der Waals surface area contributed by atoms with Crippen molar-refractivity contribution in [2.45, 2.75) is 44.2 Å². The van der Waals surface area contributed by atoms with Crippen molar-refractivity contribution < 1.29 is 14.7 Å². The summed E-state index contributed by atoms with van der Waals surface area (Å²) in [7, 11) is 1.49. The smallest absolute Gasteiger partial charge is 0.261 e. The van der Waals surface area contributed by atoms with Crippen molar-refractivity contribution in [3.8, 4) is 0 Å². The maximum absolute atomic E-state index is 12.0. The Morgan fingerprint density at radius 2 is 1.81 bits per heavy atom. The highest BCUT2D eigenvalue weighted by atomic mass is 16.3. The lowest BCUT2D eigenvalue weighted by molar-refractivity contribution is 0.0693. The number of anilines is 1. The van der Waals surface area contributed by atoms with Crippen LogP contribution in [-0.4, -0.2) is 41.0 Å². The Labute approximate surface area is 123 Å². The number of aliphatic hydroxyl groups excluding tert-OH is 1. The lowest BCUT2D eigenvalue weighted by Crippen LogP contribution is -2.32. The van der Waals surface area contributed by atoms with E-state index in [1.165, 1.54) is 7.05 Å². The highest BCUT2D eigenvalue weighted by Gasteiger charge is 2.33. The molecule has 1 aromatic carbocycles. The van der Waals surface area contributed by atoms with Crippen LogP contribution in [0.1, 0.15) is 52.8 Å². The number of rotatable bonds is 2. The second kappa shape index (κ2) is 5.48. The van der Waals surface area contributed by atoms with Crippen LogP contribution in [0.25, 0.3) is 0 Å². The number of nitrogens with one attached hydrogen (secondary N) is 1. The predicted molar refractivity (Wildman–Crippen MR) is 79.4 cm³/mol. The van der Waals surface area contributed by atoms with Crippen molar-refractivity contribution in [1.82, 2.24) is 4.90 Å². The molecule has 1 aromatic rings. The summed E-state index contributed by atoms with van der Waals surface area (Å²) in [6.07, 6.45) is 4.67. The summed E-state index contributed by atoms with van der Waals surface area (Å²) in [5.41, 5.74) is 1.68. The van der Waals surface area contributed by atoms with Crippen LogP contribution < -0.4 is 5.32 Å². The first-order valence-corrected chi connectivity index (χ1v) is 7.49. The molecular weight excluding hydrogens is 268 g/mol. The first-order valence-electron chi connectivity index (χ1n) is 7.49. The topological polar surface area (TPSA) is 69.6 Å². The van der Waals surface area contributed by atoms with Gasteiger partial charge in [-0.05, 0) is 31.0 Å². The van der Waals surface area contributed by atoms with Gasteiger partial charge in [0.2, 0.25) is 0 Å². The van der Waals surface area contributed by atoms with E-state index in [0.29, 0.717) is 11.1 Å². The van der Waals surface area contributed by atoms with Gasteiger partial charge in [-0.25, -0.2) is 0 Å². The first kappa shape index (κ1) is 14.1. The van der Waals surface area contributed by atoms with E-state index >= 15 is 0 Å². The van der Waals surface area contributed by atoms with Crippen LogP contribution in [0.15, 0.2) is 18.2 Å². The van der Waals surface area contributed by atoms with Crippen LogP contribution >= 0.6 is 0 Å². The molecule has 2 unspecified atom stereocenters. The molecule has 2 aliphatic rings. The Kier molecular flexibility index (Phi) is 3.68. The Balaban J connectivity index is 1.82. The van der Waals surface area contributed by atoms with E-state index in [4.69, 9.17) is 0 Å². The van der Waals surface area contributed by atoms with E-state index in [1.54, 1.807) is 18.2 Å². The Bertz CT molecular complexity index is 585. The lowest BCUT2D eigenvalue weighted by Gasteiger charge is -2.23. The van der Waals surface area contributed by atoms with Crippen molar-refractivity contribution >= 4 is 17.5 Å². The molecule has 1 fully saturated rings. The Morgan fingerprint density at radius 3 is 2.62 bits per heavy atom. The van der Waals surface area contributed by atoms with Gasteiger partial charge in [0.1, 0.15) is 0 Å². The molecule has 1 aliphatic heterocycles. The van der Waals surface area contributed by atoms with E-state index in [-0.39, 0.29) is 24.0 Å². The van der Waals surface area contributed by atoms with E-state index in [1.807, 2.05) is 0 Å². The molecule has 1 heterocycles. The SMILES string of the molecule is CN1C(=O)c2ccc(NC3CCCCCC3O)cc2C1=O. The predicted octanol–water partition coefficient (Wildman–Crippen LogP) is 2.02. The van der Waals surface area contributed by atoms with E-state index in [0.717, 1.165) is 42.7 Å². The number of nitrogens with zero attached hydrogens (tertiary/aromatic N) is 1. The molecule has 1 aliphatic carbocycles. The number of amides is 2. The zero-order valence-corrected chi connectivity index (χ0v) is 12.1. The fourth-order valence-corrected chi connectivity index (χ4v) is 3.12. The average molecular weight is 288 g/mol. The van der Waals surface area contributed by atoms with Crippen LogP contribution in [0, 0.1) is 0 Å². The van der Waals surface area contributed by atoms with Gasteiger partial charge >= 0.3 is 0 Å². The fraction of sp³-hybridized carbons (Fsp3) is 0.500. The minimum atomic E-state index is -0.360. The van der Waals surface area contributed by atoms with Crippen molar-refractivity contribution in [3.63, 3.8) is 0 Å². The summed E-state index contributed by atoms with van der Waals surface area (Å²) < 4.78 is 0. The molecule has 0 radical (unpaired) electrons. The van der Waals surface area contributed by atoms with Gasteiger partial charge in [0.15, 0.2) is 0 Å². The van der Waals surface area contributed by atoms with Crippen LogP contribution in [0.5, 0.6) is 0 Å². The highest BCUT2D eigenvalue weighted by molar-refractivity contribution is 6.21. The van der Waals surface area contributed by atoms with Gasteiger partial charge in [-0.15, -0.1) is 0 Å². The molecule has 5 nitrogen and oxygen atoms in total. The van der Waals surface area contributed by atoms with Crippen LogP contribution in [0.2, 0.25) is 0 Å². The number of benzene rings is 1. The van der Waals surface area contributed by atoms with Gasteiger partial charge in [0.25, 0.3) is 11.8 Å². The van der Waals surface area contributed by atoms with Crippen LogP contribution in [-0.2, 0) is 0 Å². The second-order valence-corrected chi connectivity index (χ2v) is 5.89. The number of aliphatic hydroxyl groups is 1. The van der Waals surface area contributed by atoms with Crippen molar-refractivity contribution in [2.75, 3.05) is 12.4 Å². The molecule has 21 heavy (non-hydrogen) atoms. The standard InChI is InChI=1S/C16H20N2O3/c1-18-15(20)11-8-7-10(9-12(11)16(18)21)17-13-5-3-2-4-6-14(13)19/h7-9,13-14,17,19H,2-6H2,1H3. The molecule has 2 atom stereocenters. The van der Waals surface area contributed by atoms with Gasteiger partial charge < -0.3 is 10.4 Å². The summed E-state index contributed by atoms with van der Waals surface area (Å²) in [4.78, 5) is 25.0. The van der Waals surface area contributed by atoms with Crippen LogP contribution in [0.3, 0.4) is 0 Å². The number of carbonyl (C=O) groups excluding carboxylic acids is 2. The van der Waals surface area contributed by atoms with Crippen molar-refractivity contribution in [2.24, 2.45) is 0 Å². The number of carbonyl (C=O) groups is 2. The lowest BCUT2D eigenvalue weighted by atomic mass is 10.0. The normalized spacial score (nSPS) is 25.7. The maximum atomic E-state index is 12.0. The Morgan fingerprint density at radius 1 is 1.10 bits per heavy atom. The van der Waals surface area contributed by atoms with E-state index in [2.05, 4.69) is 5.32 Å². The highest BCUT2D eigenvalue weighted by Crippen LogP contribution is 2.27.